The Kier molecular flexibility index (Phi) is 15.8. The van der Waals surface area contributed by atoms with E-state index in [9.17, 15) is 0 Å². The van der Waals surface area contributed by atoms with Gasteiger partial charge in [-0.05, 0) is 58.9 Å². The Morgan fingerprint density at radius 1 is 0.514 bits per heavy atom. The molecule has 2 aliphatic rings. The van der Waals surface area contributed by atoms with Crippen LogP contribution in [0.2, 0.25) is 0 Å². The highest BCUT2D eigenvalue weighted by molar-refractivity contribution is 5.44. The molecule has 2 aliphatic carbocycles. The van der Waals surface area contributed by atoms with Crippen LogP contribution in [0.5, 0.6) is 0 Å². The molecule has 1 saturated carbocycles. The van der Waals surface area contributed by atoms with Gasteiger partial charge in [0.2, 0.25) is 0 Å². The summed E-state index contributed by atoms with van der Waals surface area (Å²) in [4.78, 5) is 0. The lowest BCUT2D eigenvalue weighted by Crippen LogP contribution is -2.14. The summed E-state index contributed by atoms with van der Waals surface area (Å²) in [5.41, 5.74) is 7.60. The van der Waals surface area contributed by atoms with Gasteiger partial charge >= 0.3 is 0 Å². The summed E-state index contributed by atoms with van der Waals surface area (Å²) in [6.45, 7) is 16.7. The van der Waals surface area contributed by atoms with E-state index in [1.807, 2.05) is 41.5 Å². The fraction of sp³-hybridized carbons (Fsp3) is 0.486. The van der Waals surface area contributed by atoms with Crippen molar-refractivity contribution in [1.82, 2.24) is 0 Å². The van der Waals surface area contributed by atoms with Crippen molar-refractivity contribution in [1.29, 1.82) is 0 Å². The van der Waals surface area contributed by atoms with E-state index >= 15 is 0 Å². The Labute approximate surface area is 218 Å². The minimum absolute atomic E-state index is 0.537. The van der Waals surface area contributed by atoms with Crippen molar-refractivity contribution in [3.63, 3.8) is 0 Å². The first-order valence-electron chi connectivity index (χ1n) is 14.4. The highest BCUT2D eigenvalue weighted by Crippen LogP contribution is 2.37. The Balaban J connectivity index is 0.000000293. The highest BCUT2D eigenvalue weighted by atomic mass is 14.3. The first-order valence-corrected chi connectivity index (χ1v) is 14.4. The van der Waals surface area contributed by atoms with E-state index in [0.29, 0.717) is 5.92 Å². The molecule has 3 aromatic carbocycles. The quantitative estimate of drug-likeness (QED) is 0.330. The molecule has 192 valence electrons. The lowest BCUT2D eigenvalue weighted by Gasteiger charge is -2.29. The minimum atomic E-state index is 0.537. The van der Waals surface area contributed by atoms with Crippen molar-refractivity contribution >= 4 is 0 Å². The van der Waals surface area contributed by atoms with Crippen LogP contribution < -0.4 is 0 Å². The van der Waals surface area contributed by atoms with Crippen molar-refractivity contribution < 1.29 is 0 Å². The van der Waals surface area contributed by atoms with Crippen molar-refractivity contribution in [2.75, 3.05) is 0 Å². The lowest BCUT2D eigenvalue weighted by molar-refractivity contribution is 0.330. The molecule has 0 aromatic heterocycles. The fourth-order valence-corrected chi connectivity index (χ4v) is 5.32. The summed E-state index contributed by atoms with van der Waals surface area (Å²) >= 11 is 0. The molecule has 0 heterocycles. The normalized spacial score (nSPS) is 18.1. The topological polar surface area (TPSA) is 0 Å². The number of hydrogen-bond donors (Lipinski definition) is 0. The van der Waals surface area contributed by atoms with Crippen molar-refractivity contribution in [3.8, 4) is 0 Å². The van der Waals surface area contributed by atoms with Crippen LogP contribution in [0.25, 0.3) is 0 Å². The van der Waals surface area contributed by atoms with Gasteiger partial charge in [-0.25, -0.2) is 0 Å². The van der Waals surface area contributed by atoms with Gasteiger partial charge in [-0.2, -0.15) is 0 Å². The van der Waals surface area contributed by atoms with E-state index in [0.717, 1.165) is 11.8 Å². The summed E-state index contributed by atoms with van der Waals surface area (Å²) in [5.74, 6) is 2.25. The summed E-state index contributed by atoms with van der Waals surface area (Å²) in [6.07, 6.45) is 8.02. The Bertz CT molecular complexity index is 861. The SMILES string of the molecule is CC.CC.CC.CC1CCCCC1c1ccccc1.CC1c2ccccc2CCc2ccccc21. The molecule has 0 N–H and O–H groups in total. The van der Waals surface area contributed by atoms with Gasteiger partial charge in [0, 0.05) is 5.92 Å². The zero-order chi connectivity index (χ0) is 26.1. The zero-order valence-corrected chi connectivity index (χ0v) is 24.0. The molecule has 0 nitrogen and oxygen atoms in total. The second-order valence-corrected chi connectivity index (χ2v) is 8.90. The van der Waals surface area contributed by atoms with E-state index in [1.54, 1.807) is 5.56 Å². The molecule has 1 fully saturated rings. The van der Waals surface area contributed by atoms with Gasteiger partial charge in [-0.15, -0.1) is 0 Å². The van der Waals surface area contributed by atoms with Gasteiger partial charge in [0.1, 0.15) is 0 Å². The van der Waals surface area contributed by atoms with Gasteiger partial charge in [-0.3, -0.25) is 0 Å². The first kappa shape index (κ1) is 30.7. The first-order chi connectivity index (χ1) is 17.2. The van der Waals surface area contributed by atoms with Gasteiger partial charge in [0.05, 0.1) is 0 Å². The van der Waals surface area contributed by atoms with Crippen LogP contribution in [0.15, 0.2) is 78.9 Å². The molecule has 3 aromatic rings. The molecule has 0 aliphatic heterocycles. The molecule has 5 rings (SSSR count). The van der Waals surface area contributed by atoms with Crippen molar-refractivity contribution in [3.05, 3.63) is 107 Å². The summed E-state index contributed by atoms with van der Waals surface area (Å²) < 4.78 is 0. The maximum Gasteiger partial charge on any atom is 0.00664 e. The predicted molar refractivity (Wildman–Crippen MR) is 159 cm³/mol. The number of aryl methyl sites for hydroxylation is 2. The third kappa shape index (κ3) is 8.99. The maximum atomic E-state index is 2.40. The molecule has 0 spiro atoms. The molecule has 0 bridgehead atoms. The fourth-order valence-electron chi connectivity index (χ4n) is 5.32. The Morgan fingerprint density at radius 3 is 1.43 bits per heavy atom. The molecule has 0 heteroatoms. The molecule has 2 unspecified atom stereocenters. The van der Waals surface area contributed by atoms with E-state index < -0.39 is 0 Å². The largest absolute Gasteiger partial charge is 0.0683 e. The lowest BCUT2D eigenvalue weighted by atomic mass is 9.76. The summed E-state index contributed by atoms with van der Waals surface area (Å²) in [5, 5.41) is 0. The molecule has 0 amide bonds. The van der Waals surface area contributed by atoms with Crippen LogP contribution in [-0.4, -0.2) is 0 Å². The predicted octanol–water partition coefficient (Wildman–Crippen LogP) is 11.0. The van der Waals surface area contributed by atoms with Gasteiger partial charge in [-0.1, -0.05) is 154 Å². The molecular formula is C35H52. The molecule has 0 saturated heterocycles. The summed E-state index contributed by atoms with van der Waals surface area (Å²) in [6, 6.07) is 28.7. The Hall–Kier alpha value is -2.34. The Morgan fingerprint density at radius 2 is 0.943 bits per heavy atom. The number of rotatable bonds is 1. The van der Waals surface area contributed by atoms with Crippen LogP contribution in [0.4, 0.5) is 0 Å². The zero-order valence-electron chi connectivity index (χ0n) is 24.0. The molecular weight excluding hydrogens is 420 g/mol. The standard InChI is InChI=1S/C16H16.C13H18.3C2H6/c1-12-15-8-4-2-6-13(15)10-11-14-7-3-5-9-16(12)14;1-11-7-5-6-10-13(11)12-8-3-2-4-9-12;3*1-2/h2-9,12H,10-11H2,1H3;2-4,8-9,11,13H,5-7,10H2,1H3;3*1-2H3. The second kappa shape index (κ2) is 18.0. The average molecular weight is 473 g/mol. The van der Waals surface area contributed by atoms with Gasteiger partial charge < -0.3 is 0 Å². The van der Waals surface area contributed by atoms with E-state index in [-0.39, 0.29) is 0 Å². The number of hydrogen-bond acceptors (Lipinski definition) is 0. The van der Waals surface area contributed by atoms with Gasteiger partial charge in [0.25, 0.3) is 0 Å². The molecule has 35 heavy (non-hydrogen) atoms. The average Bonchev–Trinajstić information content (AvgIpc) is 3.10. The van der Waals surface area contributed by atoms with Crippen LogP contribution in [0.3, 0.4) is 0 Å². The maximum absolute atomic E-state index is 2.40. The number of benzene rings is 3. The monoisotopic (exact) mass is 472 g/mol. The minimum Gasteiger partial charge on any atom is -0.0683 e. The van der Waals surface area contributed by atoms with Gasteiger partial charge in [0.15, 0.2) is 0 Å². The van der Waals surface area contributed by atoms with E-state index in [2.05, 4.69) is 92.7 Å². The third-order valence-electron chi connectivity index (χ3n) is 7.05. The van der Waals surface area contributed by atoms with Crippen LogP contribution in [0.1, 0.15) is 121 Å². The highest BCUT2D eigenvalue weighted by Gasteiger charge is 2.22. The molecule has 2 atom stereocenters. The van der Waals surface area contributed by atoms with Crippen LogP contribution in [-0.2, 0) is 12.8 Å². The molecule has 0 radical (unpaired) electrons. The third-order valence-corrected chi connectivity index (χ3v) is 7.05. The van der Waals surface area contributed by atoms with E-state index in [1.165, 1.54) is 60.8 Å². The van der Waals surface area contributed by atoms with Crippen molar-refractivity contribution in [2.24, 2.45) is 5.92 Å². The van der Waals surface area contributed by atoms with Crippen LogP contribution >= 0.6 is 0 Å². The number of fused-ring (bicyclic) bond motifs is 2. The van der Waals surface area contributed by atoms with E-state index in [4.69, 9.17) is 0 Å². The second-order valence-electron chi connectivity index (χ2n) is 8.90. The summed E-state index contributed by atoms with van der Waals surface area (Å²) in [7, 11) is 0. The smallest absolute Gasteiger partial charge is 0.00664 e. The van der Waals surface area contributed by atoms with Crippen LogP contribution in [0, 0.1) is 5.92 Å². The van der Waals surface area contributed by atoms with Crippen molar-refractivity contribution in [2.45, 2.75) is 106 Å².